The van der Waals surface area contributed by atoms with Gasteiger partial charge in [0.25, 0.3) is 0 Å². The monoisotopic (exact) mass is 195 g/mol. The van der Waals surface area contributed by atoms with Gasteiger partial charge in [-0.1, -0.05) is 12.1 Å². The van der Waals surface area contributed by atoms with E-state index >= 15 is 0 Å². The molecular formula is C12H21NO. The van der Waals surface area contributed by atoms with Crippen molar-refractivity contribution in [3.8, 4) is 0 Å². The molecule has 0 atom stereocenters. The van der Waals surface area contributed by atoms with Crippen molar-refractivity contribution in [2.45, 2.75) is 32.9 Å². The molecule has 80 valence electrons. The van der Waals surface area contributed by atoms with E-state index in [-0.39, 0.29) is 6.97 Å². The summed E-state index contributed by atoms with van der Waals surface area (Å²) in [7, 11) is 1.71. The van der Waals surface area contributed by atoms with Crippen LogP contribution in [0.3, 0.4) is 0 Å². The molecule has 1 aromatic rings. The minimum Gasteiger partial charge on any atom is -0.380 e. The summed E-state index contributed by atoms with van der Waals surface area (Å²) >= 11 is 0. The number of ether oxygens (including phenoxy) is 1. The van der Waals surface area contributed by atoms with Gasteiger partial charge in [-0.25, -0.2) is 0 Å². The molecule has 0 saturated carbocycles. The number of nitrogens with one attached hydrogen (secondary N) is 1. The highest BCUT2D eigenvalue weighted by molar-refractivity contribution is 5.46. The Morgan fingerprint density at radius 3 is 2.21 bits per heavy atom. The van der Waals surface area contributed by atoms with E-state index in [0.717, 1.165) is 5.69 Å². The SMILES string of the molecule is COCc1ccc(NC(C)(C)C)cc1.[HH]. The summed E-state index contributed by atoms with van der Waals surface area (Å²) in [6.07, 6.45) is 0. The predicted molar refractivity (Wildman–Crippen MR) is 62.6 cm³/mol. The molecule has 0 unspecified atom stereocenters. The highest BCUT2D eigenvalue weighted by Gasteiger charge is 2.08. The van der Waals surface area contributed by atoms with Crippen LogP contribution in [-0.2, 0) is 11.3 Å². The molecule has 0 spiro atoms. The lowest BCUT2D eigenvalue weighted by molar-refractivity contribution is 0.185. The van der Waals surface area contributed by atoms with Gasteiger partial charge in [-0.15, -0.1) is 0 Å². The molecule has 0 aliphatic heterocycles. The van der Waals surface area contributed by atoms with Crippen molar-refractivity contribution in [3.05, 3.63) is 29.8 Å². The van der Waals surface area contributed by atoms with Crippen molar-refractivity contribution in [1.29, 1.82) is 0 Å². The fraction of sp³-hybridized carbons (Fsp3) is 0.500. The van der Waals surface area contributed by atoms with Gasteiger partial charge in [-0.05, 0) is 38.5 Å². The Balaban J connectivity index is 0.00000196. The molecule has 0 aliphatic carbocycles. The van der Waals surface area contributed by atoms with E-state index in [4.69, 9.17) is 4.74 Å². The van der Waals surface area contributed by atoms with Crippen LogP contribution in [0, 0.1) is 0 Å². The molecule has 0 heterocycles. The molecule has 0 aliphatic rings. The first-order valence-electron chi connectivity index (χ1n) is 4.87. The van der Waals surface area contributed by atoms with Gasteiger partial charge in [0.05, 0.1) is 6.61 Å². The first kappa shape index (κ1) is 11.1. The Kier molecular flexibility index (Phi) is 3.53. The number of rotatable bonds is 3. The lowest BCUT2D eigenvalue weighted by Gasteiger charge is -2.22. The molecule has 14 heavy (non-hydrogen) atoms. The van der Waals surface area contributed by atoms with Gasteiger partial charge in [-0.2, -0.15) is 0 Å². The Hall–Kier alpha value is -1.02. The molecular weight excluding hydrogens is 174 g/mol. The summed E-state index contributed by atoms with van der Waals surface area (Å²) in [4.78, 5) is 0. The van der Waals surface area contributed by atoms with Crippen molar-refractivity contribution < 1.29 is 6.16 Å². The second-order valence-corrected chi connectivity index (χ2v) is 4.50. The number of anilines is 1. The average Bonchev–Trinajstić information content (AvgIpc) is 2.06. The second kappa shape index (κ2) is 4.47. The minimum absolute atomic E-state index is 0. The average molecular weight is 195 g/mol. The van der Waals surface area contributed by atoms with Gasteiger partial charge in [0.1, 0.15) is 0 Å². The maximum atomic E-state index is 5.05. The fourth-order valence-electron chi connectivity index (χ4n) is 1.28. The van der Waals surface area contributed by atoms with Gasteiger partial charge in [0.2, 0.25) is 0 Å². The lowest BCUT2D eigenvalue weighted by Crippen LogP contribution is -2.25. The van der Waals surface area contributed by atoms with Crippen molar-refractivity contribution >= 4 is 5.69 Å². The van der Waals surface area contributed by atoms with Crippen LogP contribution in [0.25, 0.3) is 0 Å². The highest BCUT2D eigenvalue weighted by atomic mass is 16.5. The minimum atomic E-state index is 0. The molecule has 0 radical (unpaired) electrons. The van der Waals surface area contributed by atoms with E-state index < -0.39 is 0 Å². The van der Waals surface area contributed by atoms with Gasteiger partial charge < -0.3 is 10.1 Å². The number of benzene rings is 1. The number of methoxy groups -OCH3 is 1. The second-order valence-electron chi connectivity index (χ2n) is 4.50. The normalized spacial score (nSPS) is 11.4. The van der Waals surface area contributed by atoms with Gasteiger partial charge >= 0.3 is 0 Å². The molecule has 2 heteroatoms. The summed E-state index contributed by atoms with van der Waals surface area (Å²) in [6, 6.07) is 8.33. The zero-order chi connectivity index (χ0) is 10.6. The summed E-state index contributed by atoms with van der Waals surface area (Å²) in [5.41, 5.74) is 2.47. The fourth-order valence-corrected chi connectivity index (χ4v) is 1.28. The van der Waals surface area contributed by atoms with Crippen LogP contribution in [-0.4, -0.2) is 12.6 Å². The lowest BCUT2D eigenvalue weighted by atomic mass is 10.1. The summed E-state index contributed by atoms with van der Waals surface area (Å²) < 4.78 is 5.05. The Bertz CT molecular complexity index is 277. The van der Waals surface area contributed by atoms with E-state index in [9.17, 15) is 0 Å². The molecule has 0 saturated heterocycles. The van der Waals surface area contributed by atoms with Crippen LogP contribution in [0.5, 0.6) is 0 Å². The highest BCUT2D eigenvalue weighted by Crippen LogP contribution is 2.15. The smallest absolute Gasteiger partial charge is 0.0713 e. The predicted octanol–water partition coefficient (Wildman–Crippen LogP) is 3.29. The van der Waals surface area contributed by atoms with Crippen LogP contribution in [0.2, 0.25) is 0 Å². The third-order valence-electron chi connectivity index (χ3n) is 1.78. The Labute approximate surface area is 87.8 Å². The third-order valence-corrected chi connectivity index (χ3v) is 1.78. The topological polar surface area (TPSA) is 21.3 Å². The number of hydrogen-bond acceptors (Lipinski definition) is 2. The van der Waals surface area contributed by atoms with Gasteiger partial charge in [-0.3, -0.25) is 0 Å². The molecule has 0 bridgehead atoms. The van der Waals surface area contributed by atoms with E-state index in [1.807, 2.05) is 0 Å². The van der Waals surface area contributed by atoms with Gasteiger partial charge in [0, 0.05) is 19.8 Å². The Morgan fingerprint density at radius 1 is 1.21 bits per heavy atom. The molecule has 0 fully saturated rings. The van der Waals surface area contributed by atoms with Gasteiger partial charge in [0.15, 0.2) is 0 Å². The van der Waals surface area contributed by atoms with Crippen molar-refractivity contribution in [3.63, 3.8) is 0 Å². The van der Waals surface area contributed by atoms with Crippen LogP contribution in [0.15, 0.2) is 24.3 Å². The first-order valence-corrected chi connectivity index (χ1v) is 4.87. The summed E-state index contributed by atoms with van der Waals surface area (Å²) in [5.74, 6) is 0. The zero-order valence-corrected chi connectivity index (χ0v) is 9.42. The number of hydrogen-bond donors (Lipinski definition) is 1. The van der Waals surface area contributed by atoms with Crippen molar-refractivity contribution in [2.24, 2.45) is 0 Å². The van der Waals surface area contributed by atoms with E-state index in [1.54, 1.807) is 7.11 Å². The Morgan fingerprint density at radius 2 is 1.79 bits per heavy atom. The zero-order valence-electron chi connectivity index (χ0n) is 9.42. The van der Waals surface area contributed by atoms with Crippen LogP contribution >= 0.6 is 0 Å². The van der Waals surface area contributed by atoms with Crippen LogP contribution in [0.4, 0.5) is 5.69 Å². The molecule has 0 amide bonds. The van der Waals surface area contributed by atoms with E-state index in [0.29, 0.717) is 6.61 Å². The largest absolute Gasteiger partial charge is 0.380 e. The summed E-state index contributed by atoms with van der Waals surface area (Å²) in [5, 5.41) is 3.41. The first-order chi connectivity index (χ1) is 6.51. The molecule has 1 rings (SSSR count). The van der Waals surface area contributed by atoms with Crippen molar-refractivity contribution in [1.82, 2.24) is 0 Å². The molecule has 1 N–H and O–H groups in total. The standard InChI is InChI=1S/C12H19NO.H2/c1-12(2,3)13-11-7-5-10(6-8-11)9-14-4;/h5-8,13H,9H2,1-4H3;1H. The van der Waals surface area contributed by atoms with Crippen LogP contribution < -0.4 is 5.32 Å². The summed E-state index contributed by atoms with van der Waals surface area (Å²) in [6.45, 7) is 7.12. The van der Waals surface area contributed by atoms with E-state index in [2.05, 4.69) is 50.4 Å². The molecule has 1 aromatic carbocycles. The van der Waals surface area contributed by atoms with Crippen molar-refractivity contribution in [2.75, 3.05) is 12.4 Å². The van der Waals surface area contributed by atoms with E-state index in [1.165, 1.54) is 5.56 Å². The maximum Gasteiger partial charge on any atom is 0.0713 e. The third kappa shape index (κ3) is 3.79. The molecule has 2 nitrogen and oxygen atoms in total. The maximum absolute atomic E-state index is 5.05. The quantitative estimate of drug-likeness (QED) is 0.799. The van der Waals surface area contributed by atoms with Crippen LogP contribution in [0.1, 0.15) is 27.8 Å². The molecule has 0 aromatic heterocycles.